The van der Waals surface area contributed by atoms with E-state index in [1.54, 1.807) is 39.0 Å². The van der Waals surface area contributed by atoms with Crippen molar-refractivity contribution in [2.75, 3.05) is 19.7 Å². The van der Waals surface area contributed by atoms with Gasteiger partial charge >= 0.3 is 12.1 Å². The number of amides is 4. The Labute approximate surface area is 288 Å². The zero-order valence-electron chi connectivity index (χ0n) is 28.6. The highest BCUT2D eigenvalue weighted by Gasteiger charge is 2.46. The summed E-state index contributed by atoms with van der Waals surface area (Å²) in [5, 5.41) is 16.2. The topological polar surface area (TPSA) is 154 Å². The van der Waals surface area contributed by atoms with E-state index in [0.717, 1.165) is 5.56 Å². The van der Waals surface area contributed by atoms with E-state index < -0.39 is 102 Å². The van der Waals surface area contributed by atoms with Crippen LogP contribution in [0.4, 0.5) is 22.4 Å². The molecule has 1 saturated heterocycles. The Bertz CT molecular complexity index is 1510. The molecule has 2 aromatic carbocycles. The van der Waals surface area contributed by atoms with Gasteiger partial charge in [-0.15, -0.1) is 0 Å². The Morgan fingerprint density at radius 2 is 1.62 bits per heavy atom. The molecule has 15 heteroatoms. The molecule has 1 heterocycles. The largest absolute Gasteiger partial charge is 0.478 e. The predicted molar refractivity (Wildman–Crippen MR) is 174 cm³/mol. The number of carbonyl (C=O) groups excluding carboxylic acids is 4. The summed E-state index contributed by atoms with van der Waals surface area (Å²) in [6.07, 6.45) is -5.30. The summed E-state index contributed by atoms with van der Waals surface area (Å²) in [5.74, 6) is -6.72. The van der Waals surface area contributed by atoms with Gasteiger partial charge in [-0.3, -0.25) is 14.4 Å². The van der Waals surface area contributed by atoms with Gasteiger partial charge in [0.1, 0.15) is 29.8 Å². The smallest absolute Gasteiger partial charge is 0.407 e. The Morgan fingerprint density at radius 1 is 1.00 bits per heavy atom. The van der Waals surface area contributed by atoms with Gasteiger partial charge in [-0.05, 0) is 41.9 Å². The fourth-order valence-corrected chi connectivity index (χ4v) is 5.59. The SMILES string of the molecule is CC(C)COC(=O)N[C@H](C(=O)N1C[C@H](c2ccccc2)CC1C(=O)N[C@@H](CC(F)F)C(=O)NCCc1c(F)cc(C(=O)O)cc1F)C(C)(C)C. The number of benzene rings is 2. The molecule has 3 rings (SSSR count). The van der Waals surface area contributed by atoms with Crippen molar-refractivity contribution < 1.29 is 51.4 Å². The van der Waals surface area contributed by atoms with Gasteiger partial charge in [0.05, 0.1) is 12.2 Å². The van der Waals surface area contributed by atoms with Crippen molar-refractivity contribution in [1.82, 2.24) is 20.9 Å². The maximum atomic E-state index is 14.4. The average molecular weight is 709 g/mol. The number of carboxylic acids is 1. The number of alkyl carbamates (subject to hydrolysis) is 1. The molecule has 0 aromatic heterocycles. The highest BCUT2D eigenvalue weighted by Crippen LogP contribution is 2.34. The fourth-order valence-electron chi connectivity index (χ4n) is 5.59. The molecule has 2 aromatic rings. The molecule has 1 aliphatic rings. The lowest BCUT2D eigenvalue weighted by molar-refractivity contribution is -0.142. The number of nitrogens with zero attached hydrogens (tertiary/aromatic N) is 1. The minimum atomic E-state index is -3.03. The summed E-state index contributed by atoms with van der Waals surface area (Å²) < 4.78 is 61.2. The zero-order valence-corrected chi connectivity index (χ0v) is 28.6. The standard InChI is InChI=1S/C35H44F4N4O7/c1-19(2)18-50-34(49)42-29(35(3,4)5)32(46)43-17-22(20-9-7-6-8-10-20)15-27(43)31(45)41-26(16-28(38)39)30(44)40-12-11-23-24(36)13-21(33(47)48)14-25(23)37/h6-10,13-14,19,22,26-29H,11-12,15-18H2,1-5H3,(H,40,44)(H,41,45)(H,42,49)(H,47,48)/t22-,26+,27?,29-/m1/s1. The molecule has 11 nitrogen and oxygen atoms in total. The minimum absolute atomic E-state index is 0.0360. The van der Waals surface area contributed by atoms with E-state index in [-0.39, 0.29) is 31.4 Å². The summed E-state index contributed by atoms with van der Waals surface area (Å²) in [6.45, 7) is 8.60. The van der Waals surface area contributed by atoms with Crippen LogP contribution in [-0.2, 0) is 25.5 Å². The molecular weight excluding hydrogens is 664 g/mol. The van der Waals surface area contributed by atoms with Crippen LogP contribution in [0.2, 0.25) is 0 Å². The third-order valence-corrected chi connectivity index (χ3v) is 8.19. The van der Waals surface area contributed by atoms with Crippen LogP contribution in [0.5, 0.6) is 0 Å². The predicted octanol–water partition coefficient (Wildman–Crippen LogP) is 4.64. The van der Waals surface area contributed by atoms with E-state index >= 15 is 0 Å². The number of halogens is 4. The molecular formula is C35H44F4N4O7. The van der Waals surface area contributed by atoms with Gasteiger partial charge in [0.15, 0.2) is 0 Å². The van der Waals surface area contributed by atoms with Crippen molar-refractivity contribution in [2.45, 2.75) is 84.4 Å². The van der Waals surface area contributed by atoms with Gasteiger partial charge in [0.2, 0.25) is 24.1 Å². The number of aromatic carboxylic acids is 1. The van der Waals surface area contributed by atoms with Gasteiger partial charge in [-0.2, -0.15) is 0 Å². The third kappa shape index (κ3) is 10.9. The maximum absolute atomic E-state index is 14.4. The summed E-state index contributed by atoms with van der Waals surface area (Å²) in [5.41, 5.74) is -1.16. The molecule has 1 unspecified atom stereocenters. The number of ether oxygens (including phenoxy) is 1. The Hall–Kier alpha value is -4.69. The monoisotopic (exact) mass is 708 g/mol. The van der Waals surface area contributed by atoms with Crippen molar-refractivity contribution in [3.8, 4) is 0 Å². The van der Waals surface area contributed by atoms with E-state index in [1.165, 1.54) is 4.90 Å². The first-order valence-electron chi connectivity index (χ1n) is 16.2. The van der Waals surface area contributed by atoms with E-state index in [2.05, 4.69) is 16.0 Å². The van der Waals surface area contributed by atoms with Gasteiger partial charge < -0.3 is 30.7 Å². The van der Waals surface area contributed by atoms with Crippen molar-refractivity contribution in [2.24, 2.45) is 11.3 Å². The molecule has 50 heavy (non-hydrogen) atoms. The molecule has 4 N–H and O–H groups in total. The number of hydrogen-bond acceptors (Lipinski definition) is 6. The second kappa shape index (κ2) is 17.3. The molecule has 1 aliphatic heterocycles. The molecule has 0 saturated carbocycles. The van der Waals surface area contributed by atoms with Crippen LogP contribution in [0.3, 0.4) is 0 Å². The van der Waals surface area contributed by atoms with E-state index in [9.17, 15) is 41.5 Å². The van der Waals surface area contributed by atoms with Crippen LogP contribution < -0.4 is 16.0 Å². The van der Waals surface area contributed by atoms with Crippen LogP contribution >= 0.6 is 0 Å². The first-order chi connectivity index (χ1) is 23.4. The van der Waals surface area contributed by atoms with E-state index in [1.807, 2.05) is 26.0 Å². The highest BCUT2D eigenvalue weighted by atomic mass is 19.3. The number of carbonyl (C=O) groups is 5. The lowest BCUT2D eigenvalue weighted by atomic mass is 9.85. The van der Waals surface area contributed by atoms with E-state index in [0.29, 0.717) is 12.1 Å². The number of carboxylic acid groups (broad SMARTS) is 1. The highest BCUT2D eigenvalue weighted by molar-refractivity contribution is 5.95. The lowest BCUT2D eigenvalue weighted by Crippen LogP contribution is -2.59. The number of rotatable bonds is 14. The van der Waals surface area contributed by atoms with Crippen LogP contribution in [0, 0.1) is 23.0 Å². The van der Waals surface area contributed by atoms with Crippen molar-refractivity contribution >= 4 is 29.8 Å². The summed E-state index contributed by atoms with van der Waals surface area (Å²) >= 11 is 0. The third-order valence-electron chi connectivity index (χ3n) is 8.19. The zero-order chi connectivity index (χ0) is 37.3. The van der Waals surface area contributed by atoms with Crippen LogP contribution in [-0.4, -0.2) is 84.0 Å². The number of nitrogens with one attached hydrogen (secondary N) is 3. The molecule has 274 valence electrons. The minimum Gasteiger partial charge on any atom is -0.478 e. The van der Waals surface area contributed by atoms with Crippen LogP contribution in [0.1, 0.15) is 74.9 Å². The first-order valence-corrected chi connectivity index (χ1v) is 16.2. The second-order valence-electron chi connectivity index (χ2n) is 13.7. The number of likely N-dealkylation sites (tertiary alicyclic amines) is 1. The Kier molecular flexibility index (Phi) is 13.8. The Morgan fingerprint density at radius 3 is 2.16 bits per heavy atom. The second-order valence-corrected chi connectivity index (χ2v) is 13.7. The molecule has 0 radical (unpaired) electrons. The van der Waals surface area contributed by atoms with Gasteiger partial charge in [0, 0.05) is 31.0 Å². The van der Waals surface area contributed by atoms with Crippen molar-refractivity contribution in [3.05, 3.63) is 70.8 Å². The first kappa shape index (κ1) is 39.7. The lowest BCUT2D eigenvalue weighted by Gasteiger charge is -2.35. The average Bonchev–Trinajstić information content (AvgIpc) is 3.48. The molecule has 4 amide bonds. The normalized spacial score (nSPS) is 17.3. The van der Waals surface area contributed by atoms with Crippen LogP contribution in [0.25, 0.3) is 0 Å². The Balaban J connectivity index is 1.82. The summed E-state index contributed by atoms with van der Waals surface area (Å²) in [6, 6.07) is 6.14. The number of alkyl halides is 2. The van der Waals surface area contributed by atoms with Gasteiger partial charge in [-0.25, -0.2) is 27.2 Å². The van der Waals surface area contributed by atoms with Gasteiger partial charge in [-0.1, -0.05) is 65.0 Å². The maximum Gasteiger partial charge on any atom is 0.407 e. The number of hydrogen-bond donors (Lipinski definition) is 4. The molecule has 4 atom stereocenters. The van der Waals surface area contributed by atoms with Gasteiger partial charge in [0.25, 0.3) is 0 Å². The molecule has 0 spiro atoms. The summed E-state index contributed by atoms with van der Waals surface area (Å²) in [4.78, 5) is 65.9. The van der Waals surface area contributed by atoms with Crippen molar-refractivity contribution in [3.63, 3.8) is 0 Å². The molecule has 1 fully saturated rings. The summed E-state index contributed by atoms with van der Waals surface area (Å²) in [7, 11) is 0. The van der Waals surface area contributed by atoms with Crippen molar-refractivity contribution in [1.29, 1.82) is 0 Å². The fraction of sp³-hybridized carbons (Fsp3) is 0.514. The quantitative estimate of drug-likeness (QED) is 0.209. The van der Waals surface area contributed by atoms with Crippen LogP contribution in [0.15, 0.2) is 42.5 Å². The molecule has 0 aliphatic carbocycles. The molecule has 0 bridgehead atoms. The van der Waals surface area contributed by atoms with E-state index in [4.69, 9.17) is 9.84 Å².